The zero-order chi connectivity index (χ0) is 29.8. The monoisotopic (exact) mass is 583 g/mol. The molecule has 40 heavy (non-hydrogen) atoms. The number of ether oxygens (including phenoxy) is 4. The maximum atomic E-state index is 12.1. The van der Waals surface area contributed by atoms with Crippen molar-refractivity contribution >= 4 is 5.91 Å². The lowest BCUT2D eigenvalue weighted by molar-refractivity contribution is -0.359. The predicted molar refractivity (Wildman–Crippen MR) is 139 cm³/mol. The van der Waals surface area contributed by atoms with Crippen LogP contribution in [0, 0.1) is 0 Å². The predicted octanol–water partition coefficient (Wildman–Crippen LogP) is -2.37. The largest absolute Gasteiger partial charge is 0.394 e. The van der Waals surface area contributed by atoms with E-state index in [4.69, 9.17) is 18.9 Å². The molecule has 14 nitrogen and oxygen atoms in total. The fourth-order valence-corrected chi connectivity index (χ4v) is 4.78. The van der Waals surface area contributed by atoms with Gasteiger partial charge in [0.15, 0.2) is 12.6 Å². The number of rotatable bonds is 17. The lowest BCUT2D eigenvalue weighted by Gasteiger charge is -2.46. The molecule has 14 heteroatoms. The van der Waals surface area contributed by atoms with Crippen LogP contribution >= 0.6 is 0 Å². The Hall–Kier alpha value is -1.01. The van der Waals surface area contributed by atoms with Gasteiger partial charge in [-0.15, -0.1) is 0 Å². The number of hydrogen-bond acceptors (Lipinski definition) is 13. The molecule has 2 fully saturated rings. The summed E-state index contributed by atoms with van der Waals surface area (Å²) in [6.45, 7) is 2.14. The third-order valence-electron chi connectivity index (χ3n) is 7.39. The summed E-state index contributed by atoms with van der Waals surface area (Å²) in [4.78, 5) is 12.1. The van der Waals surface area contributed by atoms with Crippen molar-refractivity contribution in [1.82, 2.24) is 5.32 Å². The van der Waals surface area contributed by atoms with Crippen LogP contribution in [0.1, 0.15) is 65.2 Å². The molecule has 2 aliphatic heterocycles. The van der Waals surface area contributed by atoms with Crippen LogP contribution in [0.2, 0.25) is 0 Å². The number of aliphatic hydroxyl groups is 8. The molecule has 12 unspecified atom stereocenters. The maximum absolute atomic E-state index is 12.1. The highest BCUT2D eigenvalue weighted by Crippen LogP contribution is 2.29. The summed E-state index contributed by atoms with van der Waals surface area (Å²) in [6.07, 6.45) is -9.83. The number of hydrogen-bond donors (Lipinski definition) is 9. The summed E-state index contributed by atoms with van der Waals surface area (Å²) < 4.78 is 22.1. The highest BCUT2D eigenvalue weighted by molar-refractivity contribution is 5.75. The summed E-state index contributed by atoms with van der Waals surface area (Å²) in [5.41, 5.74) is 0. The zero-order valence-corrected chi connectivity index (χ0v) is 23.3. The molecule has 2 heterocycles. The first-order chi connectivity index (χ1) is 19.1. The average Bonchev–Trinajstić information content (AvgIpc) is 2.95. The topological polar surface area (TPSA) is 228 Å². The van der Waals surface area contributed by atoms with Gasteiger partial charge in [0.05, 0.1) is 32.0 Å². The van der Waals surface area contributed by atoms with Gasteiger partial charge in [0, 0.05) is 6.42 Å². The average molecular weight is 584 g/mol. The van der Waals surface area contributed by atoms with Crippen LogP contribution in [0.4, 0.5) is 0 Å². The molecule has 0 bridgehead atoms. The van der Waals surface area contributed by atoms with Crippen LogP contribution in [0.5, 0.6) is 0 Å². The van der Waals surface area contributed by atoms with Crippen LogP contribution in [-0.4, -0.2) is 140 Å². The molecule has 2 aliphatic rings. The number of aliphatic hydroxyl groups excluding tert-OH is 8. The van der Waals surface area contributed by atoms with Crippen molar-refractivity contribution in [1.29, 1.82) is 0 Å². The van der Waals surface area contributed by atoms with Crippen LogP contribution in [0.15, 0.2) is 0 Å². The summed E-state index contributed by atoms with van der Waals surface area (Å²) in [7, 11) is 0. The Labute approximate surface area is 234 Å². The number of unbranched alkanes of at least 4 members (excludes halogenated alkanes) is 5. The highest BCUT2D eigenvalue weighted by atomic mass is 16.7. The Morgan fingerprint density at radius 3 is 2.02 bits per heavy atom. The first-order valence-electron chi connectivity index (χ1n) is 14.3. The number of carbonyl (C=O) groups is 1. The molecule has 9 N–H and O–H groups in total. The van der Waals surface area contributed by atoms with Crippen molar-refractivity contribution in [3.05, 3.63) is 0 Å². The molecular weight excluding hydrogens is 534 g/mol. The van der Waals surface area contributed by atoms with E-state index in [2.05, 4.69) is 12.2 Å². The van der Waals surface area contributed by atoms with E-state index in [0.29, 0.717) is 6.42 Å². The highest BCUT2D eigenvalue weighted by Gasteiger charge is 2.50. The van der Waals surface area contributed by atoms with E-state index in [1.54, 1.807) is 6.92 Å². The first kappa shape index (κ1) is 35.2. The van der Waals surface area contributed by atoms with Gasteiger partial charge in [-0.05, 0) is 6.42 Å². The lowest BCUT2D eigenvalue weighted by atomic mass is 9.97. The number of carbonyl (C=O) groups excluding carboxylic acids is 1. The molecule has 12 atom stereocenters. The van der Waals surface area contributed by atoms with E-state index in [1.165, 1.54) is 0 Å². The standard InChI is InChI=1S/C26H49NO13/c1-3-5-6-7-8-9-10-15(30)14(27-18(31)4-2)13-37-25-23(36)21(34)24(17(12-29)39-25)40-26-22(35)20(33)19(32)16(11-28)38-26/h14-17,19-26,28-30,32-36H,3-13H2,1-2H3,(H,27,31). The zero-order valence-electron chi connectivity index (χ0n) is 23.3. The number of nitrogens with one attached hydrogen (secondary N) is 1. The van der Waals surface area contributed by atoms with Gasteiger partial charge in [0.25, 0.3) is 0 Å². The molecule has 0 aromatic rings. The van der Waals surface area contributed by atoms with Gasteiger partial charge in [-0.2, -0.15) is 0 Å². The van der Waals surface area contributed by atoms with Gasteiger partial charge in [-0.3, -0.25) is 4.79 Å². The normalized spacial score (nSPS) is 36.2. The minimum absolute atomic E-state index is 0.186. The van der Waals surface area contributed by atoms with Crippen molar-refractivity contribution in [3.8, 4) is 0 Å². The van der Waals surface area contributed by atoms with Gasteiger partial charge in [0.2, 0.25) is 5.91 Å². The first-order valence-corrected chi connectivity index (χ1v) is 14.3. The molecule has 0 aliphatic carbocycles. The van der Waals surface area contributed by atoms with E-state index in [9.17, 15) is 45.6 Å². The quantitative estimate of drug-likeness (QED) is 0.0817. The molecule has 0 aromatic carbocycles. The van der Waals surface area contributed by atoms with Crippen molar-refractivity contribution in [2.24, 2.45) is 0 Å². The smallest absolute Gasteiger partial charge is 0.220 e. The molecule has 0 saturated carbocycles. The number of amides is 1. The van der Waals surface area contributed by atoms with Crippen molar-refractivity contribution < 1.29 is 64.6 Å². The Kier molecular flexibility index (Phi) is 15.7. The summed E-state index contributed by atoms with van der Waals surface area (Å²) >= 11 is 0. The molecule has 0 radical (unpaired) electrons. The molecule has 2 rings (SSSR count). The Bertz CT molecular complexity index is 714. The maximum Gasteiger partial charge on any atom is 0.220 e. The minimum atomic E-state index is -1.77. The second-order valence-electron chi connectivity index (χ2n) is 10.5. The van der Waals surface area contributed by atoms with Gasteiger partial charge in [0.1, 0.15) is 48.8 Å². The van der Waals surface area contributed by atoms with Crippen molar-refractivity contribution in [2.75, 3.05) is 19.8 Å². The Balaban J connectivity index is 2.00. The fraction of sp³-hybridized carbons (Fsp3) is 0.962. The van der Waals surface area contributed by atoms with E-state index < -0.39 is 86.8 Å². The van der Waals surface area contributed by atoms with Crippen LogP contribution in [0.3, 0.4) is 0 Å². The van der Waals surface area contributed by atoms with Gasteiger partial charge in [-0.25, -0.2) is 0 Å². The van der Waals surface area contributed by atoms with E-state index in [-0.39, 0.29) is 18.9 Å². The van der Waals surface area contributed by atoms with Crippen molar-refractivity contribution in [3.63, 3.8) is 0 Å². The minimum Gasteiger partial charge on any atom is -0.394 e. The Morgan fingerprint density at radius 2 is 1.40 bits per heavy atom. The summed E-state index contributed by atoms with van der Waals surface area (Å²) in [6, 6.07) is -0.813. The second-order valence-corrected chi connectivity index (χ2v) is 10.5. The third-order valence-corrected chi connectivity index (χ3v) is 7.39. The fourth-order valence-electron chi connectivity index (χ4n) is 4.78. The molecular formula is C26H49NO13. The molecule has 2 saturated heterocycles. The van der Waals surface area contributed by atoms with Gasteiger partial charge >= 0.3 is 0 Å². The molecule has 0 spiro atoms. The Morgan fingerprint density at radius 1 is 0.800 bits per heavy atom. The van der Waals surface area contributed by atoms with Crippen LogP contribution in [0.25, 0.3) is 0 Å². The summed E-state index contributed by atoms with van der Waals surface area (Å²) in [5.74, 6) is -0.304. The van der Waals surface area contributed by atoms with Crippen LogP contribution in [-0.2, 0) is 23.7 Å². The van der Waals surface area contributed by atoms with E-state index in [1.807, 2.05) is 0 Å². The molecule has 1 amide bonds. The van der Waals surface area contributed by atoms with E-state index >= 15 is 0 Å². The van der Waals surface area contributed by atoms with Crippen LogP contribution < -0.4 is 5.32 Å². The van der Waals surface area contributed by atoms with E-state index in [0.717, 1.165) is 38.5 Å². The molecule has 0 aromatic heterocycles. The third kappa shape index (κ3) is 9.78. The van der Waals surface area contributed by atoms with Crippen molar-refractivity contribution in [2.45, 2.75) is 139 Å². The summed E-state index contributed by atoms with van der Waals surface area (Å²) in [5, 5.41) is 84.3. The lowest BCUT2D eigenvalue weighted by Crippen LogP contribution is -2.65. The van der Waals surface area contributed by atoms with Gasteiger partial charge in [-0.1, -0.05) is 52.4 Å². The molecule has 236 valence electrons. The van der Waals surface area contributed by atoms with Gasteiger partial charge < -0.3 is 65.1 Å². The second kappa shape index (κ2) is 17.8. The SMILES string of the molecule is CCCCCCCCC(O)C(COC1OC(CO)C(OC2OC(CO)C(O)C(O)C2O)C(O)C1O)NC(=O)CC.